The van der Waals surface area contributed by atoms with Crippen molar-refractivity contribution in [2.24, 2.45) is 0 Å². The average molecular weight is 296 g/mol. The number of hydrogen-bond donors (Lipinski definition) is 2. The molecule has 0 heterocycles. The quantitative estimate of drug-likeness (QED) is 0.791. The first-order valence-electron chi connectivity index (χ1n) is 6.47. The van der Waals surface area contributed by atoms with Crippen LogP contribution in [0.5, 0.6) is 5.75 Å². The molecule has 0 spiro atoms. The van der Waals surface area contributed by atoms with Crippen LogP contribution in [-0.2, 0) is 4.79 Å². The van der Waals surface area contributed by atoms with Crippen molar-refractivity contribution in [2.75, 3.05) is 12.4 Å². The fourth-order valence-electron chi connectivity index (χ4n) is 1.41. The minimum absolute atomic E-state index is 0.00145. The van der Waals surface area contributed by atoms with Crippen LogP contribution < -0.4 is 15.4 Å². The normalized spacial score (nSPS) is 10.2. The van der Waals surface area contributed by atoms with Gasteiger partial charge in [-0.2, -0.15) is 0 Å². The van der Waals surface area contributed by atoms with Crippen LogP contribution in [0.3, 0.4) is 0 Å². The van der Waals surface area contributed by atoms with Crippen LogP contribution in [0.4, 0.5) is 4.79 Å². The third-order valence-electron chi connectivity index (χ3n) is 2.18. The van der Waals surface area contributed by atoms with Gasteiger partial charge in [0.1, 0.15) is 5.75 Å². The molecular formula is C14H20N2O3S. The molecule has 0 radical (unpaired) electrons. The van der Waals surface area contributed by atoms with Crippen molar-refractivity contribution in [2.45, 2.75) is 31.7 Å². The maximum Gasteiger partial charge on any atom is 0.321 e. The lowest BCUT2D eigenvalue weighted by atomic mass is 10.3. The first kappa shape index (κ1) is 16.4. The largest absolute Gasteiger partial charge is 0.494 e. The molecule has 0 aliphatic heterocycles. The van der Waals surface area contributed by atoms with Gasteiger partial charge in [0.2, 0.25) is 5.91 Å². The second kappa shape index (κ2) is 8.47. The molecular weight excluding hydrogens is 276 g/mol. The third-order valence-corrected chi connectivity index (χ3v) is 3.19. The fraction of sp³-hybridized carbons (Fsp3) is 0.429. The smallest absolute Gasteiger partial charge is 0.321 e. The van der Waals surface area contributed by atoms with E-state index >= 15 is 0 Å². The van der Waals surface area contributed by atoms with Gasteiger partial charge in [0.05, 0.1) is 12.4 Å². The Morgan fingerprint density at radius 1 is 1.25 bits per heavy atom. The van der Waals surface area contributed by atoms with Crippen LogP contribution in [-0.4, -0.2) is 30.3 Å². The van der Waals surface area contributed by atoms with E-state index in [1.165, 1.54) is 11.8 Å². The molecule has 0 bridgehead atoms. The number of imide groups is 1. The molecule has 0 aliphatic carbocycles. The summed E-state index contributed by atoms with van der Waals surface area (Å²) in [6.45, 7) is 6.21. The number of amides is 3. The maximum absolute atomic E-state index is 11.6. The minimum Gasteiger partial charge on any atom is -0.494 e. The first-order chi connectivity index (χ1) is 9.51. The Bertz CT molecular complexity index is 446. The number of nitrogens with one attached hydrogen (secondary N) is 2. The number of urea groups is 1. The van der Waals surface area contributed by atoms with Crippen LogP contribution in [0.2, 0.25) is 0 Å². The number of benzene rings is 1. The molecule has 3 amide bonds. The lowest BCUT2D eigenvalue weighted by Gasteiger charge is -2.09. The van der Waals surface area contributed by atoms with Gasteiger partial charge in [0.15, 0.2) is 0 Å². The van der Waals surface area contributed by atoms with Gasteiger partial charge in [-0.15, -0.1) is 11.8 Å². The monoisotopic (exact) mass is 296 g/mol. The van der Waals surface area contributed by atoms with Crippen molar-refractivity contribution in [1.29, 1.82) is 0 Å². The Morgan fingerprint density at radius 3 is 2.45 bits per heavy atom. The zero-order chi connectivity index (χ0) is 15.0. The van der Waals surface area contributed by atoms with E-state index in [1.807, 2.05) is 45.0 Å². The van der Waals surface area contributed by atoms with Gasteiger partial charge in [0, 0.05) is 10.9 Å². The van der Waals surface area contributed by atoms with Crippen LogP contribution in [0.25, 0.3) is 0 Å². The summed E-state index contributed by atoms with van der Waals surface area (Å²) < 4.78 is 5.33. The molecule has 20 heavy (non-hydrogen) atoms. The molecule has 2 N–H and O–H groups in total. The molecule has 1 aromatic carbocycles. The average Bonchev–Trinajstić information content (AvgIpc) is 2.37. The summed E-state index contributed by atoms with van der Waals surface area (Å²) in [5, 5.41) is 4.88. The summed E-state index contributed by atoms with van der Waals surface area (Å²) in [5.74, 6) is 0.680. The molecule has 0 atom stereocenters. The van der Waals surface area contributed by atoms with E-state index in [1.54, 1.807) is 0 Å². The van der Waals surface area contributed by atoms with Gasteiger partial charge in [-0.25, -0.2) is 4.79 Å². The molecule has 5 nitrogen and oxygen atoms in total. The van der Waals surface area contributed by atoms with Gasteiger partial charge >= 0.3 is 6.03 Å². The number of thioether (sulfide) groups is 1. The number of carbonyl (C=O) groups is 2. The molecule has 110 valence electrons. The van der Waals surface area contributed by atoms with Crippen LogP contribution in [0.15, 0.2) is 29.2 Å². The van der Waals surface area contributed by atoms with E-state index in [2.05, 4.69) is 10.6 Å². The van der Waals surface area contributed by atoms with Crippen LogP contribution in [0.1, 0.15) is 20.8 Å². The van der Waals surface area contributed by atoms with E-state index in [0.717, 1.165) is 10.6 Å². The first-order valence-corrected chi connectivity index (χ1v) is 7.45. The SMILES string of the molecule is CCOc1ccc(SCC(=O)NC(=O)NC(C)C)cc1. The second-order valence-corrected chi connectivity index (χ2v) is 5.42. The van der Waals surface area contributed by atoms with Crippen molar-refractivity contribution in [3.05, 3.63) is 24.3 Å². The lowest BCUT2D eigenvalue weighted by molar-refractivity contribution is -0.117. The predicted molar refractivity (Wildman–Crippen MR) is 80.1 cm³/mol. The summed E-state index contributed by atoms with van der Waals surface area (Å²) in [4.78, 5) is 23.8. The zero-order valence-electron chi connectivity index (χ0n) is 11.9. The summed E-state index contributed by atoms with van der Waals surface area (Å²) in [5.41, 5.74) is 0. The molecule has 1 rings (SSSR count). The van der Waals surface area contributed by atoms with Crippen LogP contribution in [0, 0.1) is 0 Å². The summed E-state index contributed by atoms with van der Waals surface area (Å²) in [6, 6.07) is 7.03. The predicted octanol–water partition coefficient (Wildman–Crippen LogP) is 2.41. The van der Waals surface area contributed by atoms with E-state index in [4.69, 9.17) is 4.74 Å². The van der Waals surface area contributed by atoms with Gasteiger partial charge in [0.25, 0.3) is 0 Å². The Morgan fingerprint density at radius 2 is 1.90 bits per heavy atom. The number of carbonyl (C=O) groups excluding carboxylic acids is 2. The molecule has 0 unspecified atom stereocenters. The number of ether oxygens (including phenoxy) is 1. The molecule has 0 aromatic heterocycles. The van der Waals surface area contributed by atoms with E-state index in [0.29, 0.717) is 6.61 Å². The highest BCUT2D eigenvalue weighted by molar-refractivity contribution is 8.00. The molecule has 0 saturated heterocycles. The molecule has 0 aliphatic rings. The fourth-order valence-corrected chi connectivity index (χ4v) is 2.11. The van der Waals surface area contributed by atoms with Crippen LogP contribution >= 0.6 is 11.8 Å². The highest BCUT2D eigenvalue weighted by Crippen LogP contribution is 2.21. The summed E-state index contributed by atoms with van der Waals surface area (Å²) in [6.07, 6.45) is 0. The summed E-state index contributed by atoms with van der Waals surface area (Å²) >= 11 is 1.37. The lowest BCUT2D eigenvalue weighted by Crippen LogP contribution is -2.43. The Hall–Kier alpha value is -1.69. The van der Waals surface area contributed by atoms with E-state index in [-0.39, 0.29) is 17.7 Å². The molecule has 1 aromatic rings. The van der Waals surface area contributed by atoms with Gasteiger partial charge in [-0.05, 0) is 45.0 Å². The Kier molecular flexibility index (Phi) is 6.93. The van der Waals surface area contributed by atoms with Gasteiger partial charge < -0.3 is 10.1 Å². The Labute approximate surface area is 123 Å². The van der Waals surface area contributed by atoms with Crippen molar-refractivity contribution in [1.82, 2.24) is 10.6 Å². The van der Waals surface area contributed by atoms with Crippen molar-refractivity contribution >= 4 is 23.7 Å². The van der Waals surface area contributed by atoms with E-state index in [9.17, 15) is 9.59 Å². The maximum atomic E-state index is 11.6. The summed E-state index contributed by atoms with van der Waals surface area (Å²) in [7, 11) is 0. The van der Waals surface area contributed by atoms with Crippen molar-refractivity contribution in [3.63, 3.8) is 0 Å². The minimum atomic E-state index is -0.461. The third kappa shape index (κ3) is 6.47. The zero-order valence-corrected chi connectivity index (χ0v) is 12.8. The standard InChI is InChI=1S/C14H20N2O3S/c1-4-19-11-5-7-12(8-6-11)20-9-13(17)16-14(18)15-10(2)3/h5-8,10H,4,9H2,1-3H3,(H2,15,16,17,18). The second-order valence-electron chi connectivity index (χ2n) is 4.37. The van der Waals surface area contributed by atoms with Crippen molar-refractivity contribution in [3.8, 4) is 5.75 Å². The number of hydrogen-bond acceptors (Lipinski definition) is 4. The van der Waals surface area contributed by atoms with Gasteiger partial charge in [-0.3, -0.25) is 10.1 Å². The van der Waals surface area contributed by atoms with Gasteiger partial charge in [-0.1, -0.05) is 0 Å². The van der Waals surface area contributed by atoms with Crippen molar-refractivity contribution < 1.29 is 14.3 Å². The molecule has 6 heteroatoms. The number of rotatable bonds is 6. The Balaban J connectivity index is 2.35. The van der Waals surface area contributed by atoms with E-state index < -0.39 is 6.03 Å². The molecule has 0 fully saturated rings. The molecule has 0 saturated carbocycles. The highest BCUT2D eigenvalue weighted by Gasteiger charge is 2.08. The highest BCUT2D eigenvalue weighted by atomic mass is 32.2. The topological polar surface area (TPSA) is 67.4 Å².